The normalized spacial score (nSPS) is 14.5. The van der Waals surface area contributed by atoms with Gasteiger partial charge in [-0.1, -0.05) is 152 Å². The van der Waals surface area contributed by atoms with Crippen LogP contribution in [0.1, 0.15) is 22.9 Å². The van der Waals surface area contributed by atoms with E-state index in [1.165, 1.54) is 32.7 Å². The summed E-state index contributed by atoms with van der Waals surface area (Å²) in [5.74, 6) is 1.47. The minimum absolute atomic E-state index is 0.380. The Bertz CT molecular complexity index is 2820. The first kappa shape index (κ1) is 29.2. The van der Waals surface area contributed by atoms with Gasteiger partial charge in [0.05, 0.1) is 0 Å². The first-order chi connectivity index (χ1) is 25.3. The molecule has 240 valence electrons. The second-order valence-electron chi connectivity index (χ2n) is 13.0. The maximum absolute atomic E-state index is 6.62. The van der Waals surface area contributed by atoms with Crippen molar-refractivity contribution < 1.29 is 4.42 Å². The Labute approximate surface area is 295 Å². The van der Waals surface area contributed by atoms with E-state index in [0.29, 0.717) is 5.84 Å². The standard InChI is InChI=1S/C47H31N3O/c1-3-12-30(13-4-1)31-22-24-33(25-23-31)46-48-45(32-14-5-2-6-15-32)49-47(50-46)40-20-11-21-42-44(40)39-27-26-35(29-43(39)51-42)41-28-34-16-7-8-17-36(34)37-18-9-10-19-38(37)41/h1-29,47H,(H,48,49,50). The highest BCUT2D eigenvalue weighted by molar-refractivity contribution is 6.16. The molecule has 4 nitrogen and oxygen atoms in total. The van der Waals surface area contributed by atoms with Crippen molar-refractivity contribution in [1.29, 1.82) is 0 Å². The largest absolute Gasteiger partial charge is 0.456 e. The molecule has 0 bridgehead atoms. The number of aliphatic imine (C=N–C) groups is 2. The summed E-state index contributed by atoms with van der Waals surface area (Å²) in [5.41, 5.74) is 9.35. The fourth-order valence-electron chi connectivity index (χ4n) is 7.47. The van der Waals surface area contributed by atoms with Crippen LogP contribution in [0.4, 0.5) is 0 Å². The topological polar surface area (TPSA) is 49.9 Å². The SMILES string of the molecule is c1ccc(C2=NC(c3cccc4oc5cc(-c6cc7ccccc7c7ccccc67)ccc5c34)NC(c3ccc(-c4ccccc4)cc3)=N2)cc1. The van der Waals surface area contributed by atoms with Crippen molar-refractivity contribution >= 4 is 55.2 Å². The van der Waals surface area contributed by atoms with Crippen molar-refractivity contribution in [3.63, 3.8) is 0 Å². The maximum atomic E-state index is 6.62. The van der Waals surface area contributed by atoms with E-state index >= 15 is 0 Å². The van der Waals surface area contributed by atoms with Crippen molar-refractivity contribution in [2.45, 2.75) is 6.17 Å². The fraction of sp³-hybridized carbons (Fsp3) is 0.0213. The van der Waals surface area contributed by atoms with Crippen LogP contribution in [0.15, 0.2) is 190 Å². The third-order valence-corrected chi connectivity index (χ3v) is 9.94. The minimum Gasteiger partial charge on any atom is -0.456 e. The molecule has 2 heterocycles. The molecule has 1 N–H and O–H groups in total. The van der Waals surface area contributed by atoms with Crippen LogP contribution in [-0.4, -0.2) is 11.7 Å². The second-order valence-corrected chi connectivity index (χ2v) is 13.0. The lowest BCUT2D eigenvalue weighted by Gasteiger charge is -2.24. The van der Waals surface area contributed by atoms with Gasteiger partial charge in [0.2, 0.25) is 0 Å². The molecular formula is C47H31N3O. The van der Waals surface area contributed by atoms with E-state index in [0.717, 1.165) is 55.6 Å². The third-order valence-electron chi connectivity index (χ3n) is 9.94. The molecule has 10 rings (SSSR count). The highest BCUT2D eigenvalue weighted by Crippen LogP contribution is 2.40. The van der Waals surface area contributed by atoms with E-state index in [2.05, 4.69) is 151 Å². The summed E-state index contributed by atoms with van der Waals surface area (Å²) >= 11 is 0. The highest BCUT2D eigenvalue weighted by atomic mass is 16.3. The lowest BCUT2D eigenvalue weighted by atomic mass is 9.93. The van der Waals surface area contributed by atoms with Gasteiger partial charge in [-0.05, 0) is 68.1 Å². The van der Waals surface area contributed by atoms with E-state index in [4.69, 9.17) is 14.4 Å². The number of rotatable bonds is 5. The molecule has 0 radical (unpaired) electrons. The van der Waals surface area contributed by atoms with Crippen molar-refractivity contribution in [2.24, 2.45) is 9.98 Å². The molecule has 0 saturated carbocycles. The molecule has 0 aliphatic carbocycles. The van der Waals surface area contributed by atoms with Crippen LogP contribution in [0.3, 0.4) is 0 Å². The Kier molecular flexibility index (Phi) is 6.85. The zero-order valence-electron chi connectivity index (χ0n) is 27.6. The van der Waals surface area contributed by atoms with E-state index in [-0.39, 0.29) is 6.17 Å². The van der Waals surface area contributed by atoms with Crippen molar-refractivity contribution in [3.05, 3.63) is 193 Å². The molecular weight excluding hydrogens is 623 g/mol. The van der Waals surface area contributed by atoms with Gasteiger partial charge in [-0.25, -0.2) is 9.98 Å². The summed E-state index contributed by atoms with van der Waals surface area (Å²) in [7, 11) is 0. The first-order valence-electron chi connectivity index (χ1n) is 17.3. The number of fused-ring (bicyclic) bond motifs is 6. The molecule has 1 aliphatic heterocycles. The van der Waals surface area contributed by atoms with E-state index in [1.54, 1.807) is 0 Å². The number of nitrogens with zero attached hydrogens (tertiary/aromatic N) is 2. The molecule has 1 aromatic heterocycles. The Morgan fingerprint density at radius 1 is 0.451 bits per heavy atom. The van der Waals surface area contributed by atoms with Gasteiger partial charge in [0.15, 0.2) is 5.84 Å². The highest BCUT2D eigenvalue weighted by Gasteiger charge is 2.25. The first-order valence-corrected chi connectivity index (χ1v) is 17.3. The second kappa shape index (κ2) is 12.0. The molecule has 0 spiro atoms. The van der Waals surface area contributed by atoms with Gasteiger partial charge >= 0.3 is 0 Å². The predicted molar refractivity (Wildman–Crippen MR) is 211 cm³/mol. The molecule has 1 unspecified atom stereocenters. The number of nitrogens with one attached hydrogen (secondary N) is 1. The van der Waals surface area contributed by atoms with Crippen molar-refractivity contribution in [2.75, 3.05) is 0 Å². The lowest BCUT2D eigenvalue weighted by Crippen LogP contribution is -2.33. The molecule has 0 fully saturated rings. The quantitative estimate of drug-likeness (QED) is 0.188. The van der Waals surface area contributed by atoms with Crippen LogP contribution in [0.2, 0.25) is 0 Å². The Morgan fingerprint density at radius 2 is 1.10 bits per heavy atom. The molecule has 1 aliphatic rings. The van der Waals surface area contributed by atoms with Crippen LogP contribution < -0.4 is 5.32 Å². The number of hydrogen-bond acceptors (Lipinski definition) is 4. The van der Waals surface area contributed by atoms with Crippen molar-refractivity contribution in [1.82, 2.24) is 5.32 Å². The Hall–Kier alpha value is -6.78. The van der Waals surface area contributed by atoms with Crippen LogP contribution in [0.5, 0.6) is 0 Å². The van der Waals surface area contributed by atoms with Gasteiger partial charge in [-0.2, -0.15) is 0 Å². The molecule has 0 amide bonds. The number of amidine groups is 2. The number of benzene rings is 8. The number of furan rings is 1. The molecule has 9 aromatic rings. The predicted octanol–water partition coefficient (Wildman–Crippen LogP) is 11.7. The zero-order chi connectivity index (χ0) is 33.7. The van der Waals surface area contributed by atoms with Gasteiger partial charge in [0.25, 0.3) is 0 Å². The van der Waals surface area contributed by atoms with Crippen LogP contribution in [0.25, 0.3) is 65.7 Å². The number of hydrogen-bond donors (Lipinski definition) is 1. The summed E-state index contributed by atoms with van der Waals surface area (Å²) in [5, 5.41) is 10.8. The van der Waals surface area contributed by atoms with Gasteiger partial charge in [-0.3, -0.25) is 0 Å². The Morgan fingerprint density at radius 3 is 1.90 bits per heavy atom. The Balaban J connectivity index is 1.08. The summed E-state index contributed by atoms with van der Waals surface area (Å²) in [4.78, 5) is 10.3. The van der Waals surface area contributed by atoms with E-state index in [9.17, 15) is 0 Å². The van der Waals surface area contributed by atoms with Gasteiger partial charge in [-0.15, -0.1) is 0 Å². The van der Waals surface area contributed by atoms with Crippen molar-refractivity contribution in [3.8, 4) is 22.3 Å². The van der Waals surface area contributed by atoms with E-state index < -0.39 is 0 Å². The van der Waals surface area contributed by atoms with Gasteiger partial charge in [0, 0.05) is 27.5 Å². The van der Waals surface area contributed by atoms with Gasteiger partial charge in [0.1, 0.15) is 23.2 Å². The summed E-state index contributed by atoms with van der Waals surface area (Å²) in [6.45, 7) is 0. The average molecular weight is 654 g/mol. The maximum Gasteiger partial charge on any atom is 0.159 e. The summed E-state index contributed by atoms with van der Waals surface area (Å²) in [6, 6.07) is 61.6. The molecule has 8 aromatic carbocycles. The van der Waals surface area contributed by atoms with E-state index in [1.807, 2.05) is 30.3 Å². The fourth-order valence-corrected chi connectivity index (χ4v) is 7.47. The van der Waals surface area contributed by atoms with Crippen LogP contribution in [-0.2, 0) is 0 Å². The smallest absolute Gasteiger partial charge is 0.159 e. The minimum atomic E-state index is -0.380. The van der Waals surface area contributed by atoms with Crippen LogP contribution in [0, 0.1) is 0 Å². The molecule has 1 atom stereocenters. The van der Waals surface area contributed by atoms with Gasteiger partial charge < -0.3 is 9.73 Å². The summed E-state index contributed by atoms with van der Waals surface area (Å²) in [6.07, 6.45) is -0.380. The molecule has 4 heteroatoms. The lowest BCUT2D eigenvalue weighted by molar-refractivity contribution is 0.662. The monoisotopic (exact) mass is 653 g/mol. The molecule has 51 heavy (non-hydrogen) atoms. The van der Waals surface area contributed by atoms with Crippen LogP contribution >= 0.6 is 0 Å². The third kappa shape index (κ3) is 5.08. The molecule has 0 saturated heterocycles. The average Bonchev–Trinajstić information content (AvgIpc) is 3.59. The summed E-state index contributed by atoms with van der Waals surface area (Å²) < 4.78 is 6.62. The zero-order valence-corrected chi connectivity index (χ0v) is 27.6.